The first-order valence-corrected chi connectivity index (χ1v) is 8.93. The predicted molar refractivity (Wildman–Crippen MR) is 102 cm³/mol. The van der Waals surface area contributed by atoms with Gasteiger partial charge in [0.05, 0.1) is 13.2 Å². The molecule has 2 aromatic carbocycles. The first-order valence-electron chi connectivity index (χ1n) is 8.93. The number of aryl methyl sites for hydroxylation is 1. The molecule has 0 bridgehead atoms. The summed E-state index contributed by atoms with van der Waals surface area (Å²) in [5.41, 5.74) is 1.43. The number of hydrogen-bond acceptors (Lipinski definition) is 3. The molecular formula is C22H21F2NO3. The molecular weight excluding hydrogens is 364 g/mol. The summed E-state index contributed by atoms with van der Waals surface area (Å²) < 4.78 is 37.3. The summed E-state index contributed by atoms with van der Waals surface area (Å²) in [7, 11) is 1.61. The molecule has 146 valence electrons. The first-order chi connectivity index (χ1) is 13.5. The fraction of sp³-hybridized carbons (Fsp3) is 0.227. The van der Waals surface area contributed by atoms with Crippen molar-refractivity contribution in [1.82, 2.24) is 5.32 Å². The molecule has 1 atom stereocenters. The van der Waals surface area contributed by atoms with E-state index >= 15 is 0 Å². The molecule has 0 spiro atoms. The largest absolute Gasteiger partial charge is 0.497 e. The molecule has 4 nitrogen and oxygen atoms in total. The molecule has 3 aromatic rings. The summed E-state index contributed by atoms with van der Waals surface area (Å²) in [6.07, 6.45) is 0.663. The number of hydrogen-bond donors (Lipinski definition) is 1. The van der Waals surface area contributed by atoms with Gasteiger partial charge in [0.1, 0.15) is 17.3 Å². The standard InChI is InChI=1S/C22H21F2NO3/c1-14(16-5-10-19(23)20(24)13-16)25-22(26)12-9-18-8-11-21(28-18)15-3-6-17(27-2)7-4-15/h3-8,10-11,13-14H,9,12H2,1-2H3,(H,25,26)/t14-/m0/s1. The quantitative estimate of drug-likeness (QED) is 0.620. The average Bonchev–Trinajstić information content (AvgIpc) is 3.17. The van der Waals surface area contributed by atoms with Crippen LogP contribution in [0.15, 0.2) is 59.0 Å². The number of methoxy groups -OCH3 is 1. The molecule has 3 rings (SSSR count). The van der Waals surface area contributed by atoms with Crippen LogP contribution in [0, 0.1) is 11.6 Å². The maximum atomic E-state index is 13.3. The lowest BCUT2D eigenvalue weighted by atomic mass is 10.1. The third-order valence-corrected chi connectivity index (χ3v) is 4.46. The summed E-state index contributed by atoms with van der Waals surface area (Å²) in [4.78, 5) is 12.2. The van der Waals surface area contributed by atoms with Crippen LogP contribution in [0.25, 0.3) is 11.3 Å². The molecule has 0 saturated heterocycles. The van der Waals surface area contributed by atoms with E-state index in [0.29, 0.717) is 23.5 Å². The minimum Gasteiger partial charge on any atom is -0.497 e. The van der Waals surface area contributed by atoms with E-state index in [0.717, 1.165) is 23.4 Å². The molecule has 0 unspecified atom stereocenters. The Morgan fingerprint density at radius 1 is 1.07 bits per heavy atom. The summed E-state index contributed by atoms with van der Waals surface area (Å²) in [6, 6.07) is 14.4. The number of rotatable bonds is 7. The lowest BCUT2D eigenvalue weighted by Gasteiger charge is -2.14. The highest BCUT2D eigenvalue weighted by Gasteiger charge is 2.13. The van der Waals surface area contributed by atoms with Gasteiger partial charge in [-0.2, -0.15) is 0 Å². The number of carbonyl (C=O) groups excluding carboxylic acids is 1. The Bertz CT molecular complexity index is 951. The SMILES string of the molecule is COc1ccc(-c2ccc(CCC(=O)N[C@@H](C)c3ccc(F)c(F)c3)o2)cc1. The minimum absolute atomic E-state index is 0.195. The van der Waals surface area contributed by atoms with E-state index < -0.39 is 17.7 Å². The number of benzene rings is 2. The van der Waals surface area contributed by atoms with Gasteiger partial charge in [-0.05, 0) is 61.0 Å². The van der Waals surface area contributed by atoms with Gasteiger partial charge in [-0.1, -0.05) is 6.07 Å². The third-order valence-electron chi connectivity index (χ3n) is 4.46. The number of carbonyl (C=O) groups is 1. The van der Waals surface area contributed by atoms with E-state index in [-0.39, 0.29) is 12.3 Å². The van der Waals surface area contributed by atoms with Crippen LogP contribution in [0.1, 0.15) is 30.7 Å². The van der Waals surface area contributed by atoms with Gasteiger partial charge in [-0.25, -0.2) is 8.78 Å². The molecule has 1 amide bonds. The maximum absolute atomic E-state index is 13.3. The van der Waals surface area contributed by atoms with Crippen LogP contribution in [0.3, 0.4) is 0 Å². The topological polar surface area (TPSA) is 51.5 Å². The number of nitrogens with one attached hydrogen (secondary N) is 1. The molecule has 0 saturated carbocycles. The summed E-state index contributed by atoms with van der Waals surface area (Å²) in [6.45, 7) is 1.72. The van der Waals surface area contributed by atoms with Gasteiger partial charge in [0, 0.05) is 18.4 Å². The summed E-state index contributed by atoms with van der Waals surface area (Å²) in [5.74, 6) is 0.143. The molecule has 6 heteroatoms. The molecule has 0 fully saturated rings. The molecule has 1 aromatic heterocycles. The Labute approximate surface area is 162 Å². The zero-order chi connectivity index (χ0) is 20.1. The fourth-order valence-electron chi connectivity index (χ4n) is 2.84. The van der Waals surface area contributed by atoms with E-state index in [1.165, 1.54) is 6.07 Å². The van der Waals surface area contributed by atoms with Crippen molar-refractivity contribution in [1.29, 1.82) is 0 Å². The van der Waals surface area contributed by atoms with Crippen molar-refractivity contribution in [3.8, 4) is 17.1 Å². The van der Waals surface area contributed by atoms with Crippen LogP contribution in [-0.2, 0) is 11.2 Å². The van der Waals surface area contributed by atoms with Crippen molar-refractivity contribution in [2.75, 3.05) is 7.11 Å². The number of halogens is 2. The Hall–Kier alpha value is -3.15. The second-order valence-electron chi connectivity index (χ2n) is 6.46. The number of furan rings is 1. The van der Waals surface area contributed by atoms with Gasteiger partial charge in [0.15, 0.2) is 11.6 Å². The van der Waals surface area contributed by atoms with Crippen LogP contribution in [0.5, 0.6) is 5.75 Å². The van der Waals surface area contributed by atoms with Gasteiger partial charge in [0.2, 0.25) is 5.91 Å². The normalized spacial score (nSPS) is 11.9. The minimum atomic E-state index is -0.930. The number of ether oxygens (including phenoxy) is 1. The van der Waals surface area contributed by atoms with E-state index in [4.69, 9.17) is 9.15 Å². The summed E-state index contributed by atoms with van der Waals surface area (Å²) in [5, 5.41) is 2.78. The van der Waals surface area contributed by atoms with Crippen molar-refractivity contribution in [3.63, 3.8) is 0 Å². The van der Waals surface area contributed by atoms with Gasteiger partial charge in [-0.15, -0.1) is 0 Å². The maximum Gasteiger partial charge on any atom is 0.220 e. The molecule has 0 radical (unpaired) electrons. The zero-order valence-electron chi connectivity index (χ0n) is 15.7. The third kappa shape index (κ3) is 4.76. The van der Waals surface area contributed by atoms with Crippen LogP contribution >= 0.6 is 0 Å². The lowest BCUT2D eigenvalue weighted by molar-refractivity contribution is -0.121. The molecule has 0 aliphatic heterocycles. The highest BCUT2D eigenvalue weighted by atomic mass is 19.2. The second kappa shape index (κ2) is 8.69. The highest BCUT2D eigenvalue weighted by Crippen LogP contribution is 2.25. The summed E-state index contributed by atoms with van der Waals surface area (Å²) >= 11 is 0. The number of amides is 1. The first kappa shape index (κ1) is 19.6. The monoisotopic (exact) mass is 385 g/mol. The van der Waals surface area contributed by atoms with Crippen LogP contribution in [-0.4, -0.2) is 13.0 Å². The van der Waals surface area contributed by atoms with Gasteiger partial charge in [-0.3, -0.25) is 4.79 Å². The Kier molecular flexibility index (Phi) is 6.09. The van der Waals surface area contributed by atoms with Crippen LogP contribution in [0.2, 0.25) is 0 Å². The smallest absolute Gasteiger partial charge is 0.220 e. The predicted octanol–water partition coefficient (Wildman–Crippen LogP) is 5.04. The highest BCUT2D eigenvalue weighted by molar-refractivity contribution is 5.76. The zero-order valence-corrected chi connectivity index (χ0v) is 15.7. The Balaban J connectivity index is 1.54. The molecule has 1 N–H and O–H groups in total. The fourth-order valence-corrected chi connectivity index (χ4v) is 2.84. The Morgan fingerprint density at radius 2 is 1.82 bits per heavy atom. The molecule has 0 aliphatic carbocycles. The molecule has 28 heavy (non-hydrogen) atoms. The van der Waals surface area contributed by atoms with Crippen molar-refractivity contribution in [2.24, 2.45) is 0 Å². The molecule has 0 aliphatic rings. The van der Waals surface area contributed by atoms with Crippen LogP contribution < -0.4 is 10.1 Å². The Morgan fingerprint density at radius 3 is 2.50 bits per heavy atom. The molecule has 1 heterocycles. The average molecular weight is 385 g/mol. The van der Waals surface area contributed by atoms with Crippen LogP contribution in [0.4, 0.5) is 8.78 Å². The van der Waals surface area contributed by atoms with Gasteiger partial charge in [0.25, 0.3) is 0 Å². The second-order valence-corrected chi connectivity index (χ2v) is 6.46. The van der Waals surface area contributed by atoms with Crippen molar-refractivity contribution < 1.29 is 22.7 Å². The van der Waals surface area contributed by atoms with E-state index in [1.54, 1.807) is 14.0 Å². The van der Waals surface area contributed by atoms with E-state index in [1.807, 2.05) is 36.4 Å². The van der Waals surface area contributed by atoms with E-state index in [2.05, 4.69) is 5.32 Å². The van der Waals surface area contributed by atoms with Gasteiger partial charge < -0.3 is 14.5 Å². The van der Waals surface area contributed by atoms with Gasteiger partial charge >= 0.3 is 0 Å². The van der Waals surface area contributed by atoms with Crippen molar-refractivity contribution in [3.05, 3.63) is 77.6 Å². The van der Waals surface area contributed by atoms with Crippen molar-refractivity contribution in [2.45, 2.75) is 25.8 Å². The van der Waals surface area contributed by atoms with E-state index in [9.17, 15) is 13.6 Å². The van der Waals surface area contributed by atoms with Crippen molar-refractivity contribution >= 4 is 5.91 Å². The lowest BCUT2D eigenvalue weighted by Crippen LogP contribution is -2.26.